The highest BCUT2D eigenvalue weighted by Gasteiger charge is 2.69. The minimum atomic E-state index is 0.325. The lowest BCUT2D eigenvalue weighted by atomic mass is 9.47. The van der Waals surface area contributed by atoms with E-state index in [0.29, 0.717) is 112 Å². The van der Waals surface area contributed by atoms with Crippen LogP contribution in [0.1, 0.15) is 543 Å². The van der Waals surface area contributed by atoms with Crippen LogP contribution in [0.2, 0.25) is 0 Å². The average molecular weight is 1790 g/mol. The molecule has 0 heterocycles. The zero-order valence-electron chi connectivity index (χ0n) is 89.3. The van der Waals surface area contributed by atoms with Gasteiger partial charge in [-0.15, -0.1) is 0 Å². The van der Waals surface area contributed by atoms with Crippen LogP contribution in [0.3, 0.4) is 0 Å². The van der Waals surface area contributed by atoms with Crippen LogP contribution in [-0.4, -0.2) is 103 Å². The van der Waals surface area contributed by atoms with Crippen LogP contribution in [0, 0.1) is 117 Å². The maximum absolute atomic E-state index is 6.40. The summed E-state index contributed by atoms with van der Waals surface area (Å²) in [5, 5.41) is 0. The van der Waals surface area contributed by atoms with Crippen molar-refractivity contribution in [3.8, 4) is 0 Å². The maximum atomic E-state index is 6.40. The molecule has 19 saturated carbocycles. The van der Waals surface area contributed by atoms with Crippen LogP contribution < -0.4 is 0 Å². The Morgan fingerprint density at radius 3 is 0.875 bits per heavy atom. The third-order valence-electron chi connectivity index (χ3n) is 43.2. The van der Waals surface area contributed by atoms with Crippen LogP contribution >= 0.6 is 0 Å². The molecule has 19 rings (SSSR count). The molecule has 8 spiro atoms. The molecule has 0 aliphatic heterocycles. The summed E-state index contributed by atoms with van der Waals surface area (Å²) in [4.78, 5) is 0. The molecule has 0 saturated heterocycles. The Bertz CT molecular complexity index is 3050. The second-order valence-electron chi connectivity index (χ2n) is 52.6. The molecule has 128 heavy (non-hydrogen) atoms. The van der Waals surface area contributed by atoms with Gasteiger partial charge >= 0.3 is 0 Å². The maximum Gasteiger partial charge on any atom is 0.0687 e. The molecule has 4 bridgehead atoms. The molecule has 19 fully saturated rings. The highest BCUT2D eigenvalue weighted by molar-refractivity contribution is 5.18. The molecule has 19 aliphatic carbocycles. The van der Waals surface area contributed by atoms with Crippen molar-refractivity contribution in [1.29, 1.82) is 0 Å². The zero-order chi connectivity index (χ0) is 91.7. The topological polar surface area (TPSA) is 73.8 Å². The van der Waals surface area contributed by atoms with Gasteiger partial charge in [-0.3, -0.25) is 0 Å². The Kier molecular flexibility index (Phi) is 39.0. The molecule has 0 N–H and O–H groups in total. The molecule has 8 nitrogen and oxygen atoms in total. The predicted molar refractivity (Wildman–Crippen MR) is 542 cm³/mol. The second-order valence-corrected chi connectivity index (χ2v) is 52.6. The van der Waals surface area contributed by atoms with Gasteiger partial charge in [0.05, 0.1) is 49.8 Å². The van der Waals surface area contributed by atoms with Gasteiger partial charge in [-0.05, 0) is 378 Å². The van der Waals surface area contributed by atoms with E-state index < -0.39 is 0 Å². The lowest BCUT2D eigenvalue weighted by Gasteiger charge is -2.61. The average Bonchev–Trinajstić information content (AvgIpc) is 1.52. The molecule has 9 atom stereocenters. The van der Waals surface area contributed by atoms with Crippen molar-refractivity contribution in [2.45, 2.75) is 580 Å². The van der Waals surface area contributed by atoms with E-state index in [1.165, 1.54) is 398 Å². The Balaban J connectivity index is 0.000000133. The highest BCUT2D eigenvalue weighted by atomic mass is 16.5. The van der Waals surface area contributed by atoms with Gasteiger partial charge < -0.3 is 37.9 Å². The third kappa shape index (κ3) is 23.3. The van der Waals surface area contributed by atoms with Crippen molar-refractivity contribution in [3.63, 3.8) is 0 Å². The van der Waals surface area contributed by atoms with E-state index in [9.17, 15) is 0 Å². The first-order chi connectivity index (χ1) is 61.3. The van der Waals surface area contributed by atoms with Crippen LogP contribution in [-0.2, 0) is 37.9 Å². The van der Waals surface area contributed by atoms with Crippen LogP contribution in [0.25, 0.3) is 0 Å². The molecule has 0 aromatic heterocycles. The van der Waals surface area contributed by atoms with Gasteiger partial charge in [-0.1, -0.05) is 282 Å². The van der Waals surface area contributed by atoms with E-state index in [1.807, 2.05) is 0 Å². The third-order valence-corrected chi connectivity index (χ3v) is 43.2. The first-order valence-electron chi connectivity index (χ1n) is 58.2. The first-order valence-corrected chi connectivity index (χ1v) is 58.2. The van der Waals surface area contributed by atoms with Crippen molar-refractivity contribution >= 4 is 0 Å². The summed E-state index contributed by atoms with van der Waals surface area (Å²) in [6.45, 7) is 55.4. The van der Waals surface area contributed by atoms with E-state index in [4.69, 9.17) is 37.9 Å². The Labute approximate surface area is 795 Å². The second kappa shape index (κ2) is 46.8. The Morgan fingerprint density at radius 2 is 0.508 bits per heavy atom. The largest absolute Gasteiger partial charge is 0.381 e. The summed E-state index contributed by atoms with van der Waals surface area (Å²) in [5.74, 6) is 5.54. The molecule has 0 radical (unpaired) electrons. The molecular weight excluding hydrogens is 1570 g/mol. The Hall–Kier alpha value is -0.320. The number of ether oxygens (including phenoxy) is 8. The summed E-state index contributed by atoms with van der Waals surface area (Å²) in [6.07, 6.45) is 94.8. The fourth-order valence-electron chi connectivity index (χ4n) is 36.8. The fourth-order valence-corrected chi connectivity index (χ4v) is 36.8. The van der Waals surface area contributed by atoms with Crippen molar-refractivity contribution in [1.82, 2.24) is 0 Å². The minimum absolute atomic E-state index is 0.325. The molecular formula is C120H218O8. The van der Waals surface area contributed by atoms with Gasteiger partial charge in [0.25, 0.3) is 0 Å². The van der Waals surface area contributed by atoms with Crippen molar-refractivity contribution in [2.24, 2.45) is 117 Å². The molecule has 9 unspecified atom stereocenters. The number of fused-ring (bicyclic) bond motifs is 8. The molecule has 746 valence electrons. The summed E-state index contributed by atoms with van der Waals surface area (Å²) < 4.78 is 48.7. The quantitative estimate of drug-likeness (QED) is 0.126. The summed E-state index contributed by atoms with van der Waals surface area (Å²) in [6, 6.07) is 0. The molecule has 19 aliphatic rings. The van der Waals surface area contributed by atoms with E-state index in [1.54, 1.807) is 6.42 Å². The molecule has 8 heteroatoms. The SMILES string of the molecule is CCOC1C(C)(C)C2CCCC2C1(C)C.CCOC1C(C)(C)CCC2(CCCCC2)C1(C)C.CCOC1C2(CCCC2)CCC12CCCC2.CCOC1C2(CCCCC2)CCC12CCCCC2.CCOC1C2CC(CC23CCCCC3)C1(C)C.CCOC1C2CC(CC23CCCCC3)C12CCCC2.CCOCC1(C)CCCCCC1.CCOCC1(C)CCCCCCC1. The van der Waals surface area contributed by atoms with Crippen LogP contribution in [0.4, 0.5) is 0 Å². The number of hydrogen-bond acceptors (Lipinski definition) is 8. The summed E-state index contributed by atoms with van der Waals surface area (Å²) >= 11 is 0. The van der Waals surface area contributed by atoms with Gasteiger partial charge in [0.2, 0.25) is 0 Å². The standard InChI is InChI=1S/C18H30O.C17H30O.C17H32O.C16H28O.C15H26O.C14H26O.C12H24O.C11H22O/c1-2-19-16-15-12-14(18(16)10-6-7-11-18)13-17(15)8-4-3-5-9-17;1-2-18-15-16(9-5-3-6-10-16)13-14-17(15)11-7-4-8-12-17;1-6-18-14-15(2,3)12-13-17(16(14,4)5)10-8-7-9-11-17;1-4-17-14-13-10-12(15(14,2)3)11-16(13)8-6-5-7-9-16;1-2-16-13-14(7-3-4-8-14)11-12-15(13)9-5-6-10-15;1-6-15-12-13(2,3)10-8-7-9-11(10)14(12,4)5;1-3-13-11-12(2)9-7-5-4-6-8-10-12;1-3-12-10-11(2)8-6-4-5-7-9-11/h14-16H,2-13H2,1H3;15H,2-14H2,1H3;14H,6-13H2,1-5H3;12-14H,4-11H2,1-3H3;13H,2-12H2,1H3;10-12H,6-9H2,1-5H3;3-11H2,1-2H3;3-10H2,1-2H3. The lowest BCUT2D eigenvalue weighted by molar-refractivity contribution is -0.188. The van der Waals surface area contributed by atoms with Gasteiger partial charge in [0.15, 0.2) is 0 Å². The van der Waals surface area contributed by atoms with Crippen molar-refractivity contribution in [3.05, 3.63) is 0 Å². The van der Waals surface area contributed by atoms with Gasteiger partial charge in [0, 0.05) is 52.9 Å². The molecule has 0 aromatic carbocycles. The van der Waals surface area contributed by atoms with E-state index in [0.717, 1.165) is 107 Å². The lowest BCUT2D eigenvalue weighted by Crippen LogP contribution is -2.57. The van der Waals surface area contributed by atoms with E-state index in [-0.39, 0.29) is 0 Å². The minimum Gasteiger partial charge on any atom is -0.381 e. The first kappa shape index (κ1) is 107. The van der Waals surface area contributed by atoms with Crippen molar-refractivity contribution in [2.75, 3.05) is 66.1 Å². The highest BCUT2D eigenvalue weighted by Crippen LogP contribution is 2.74. The smallest absolute Gasteiger partial charge is 0.0687 e. The summed E-state index contributed by atoms with van der Waals surface area (Å²) in [7, 11) is 0. The van der Waals surface area contributed by atoms with Gasteiger partial charge in [-0.25, -0.2) is 0 Å². The monoisotopic (exact) mass is 1790 g/mol. The predicted octanol–water partition coefficient (Wildman–Crippen LogP) is 35.0. The summed E-state index contributed by atoms with van der Waals surface area (Å²) in [5.41, 5.74) is 7.82. The normalized spacial score (nSPS) is 34.5. The number of hydrogen-bond donors (Lipinski definition) is 0. The van der Waals surface area contributed by atoms with E-state index >= 15 is 0 Å². The van der Waals surface area contributed by atoms with Crippen molar-refractivity contribution < 1.29 is 37.9 Å². The van der Waals surface area contributed by atoms with Gasteiger partial charge in [0.1, 0.15) is 0 Å². The van der Waals surface area contributed by atoms with Crippen LogP contribution in [0.15, 0.2) is 0 Å². The van der Waals surface area contributed by atoms with E-state index in [2.05, 4.69) is 138 Å². The fraction of sp³-hybridized carbons (Fsp3) is 1.00. The zero-order valence-corrected chi connectivity index (χ0v) is 89.3. The molecule has 0 aromatic rings. The Morgan fingerprint density at radius 1 is 0.219 bits per heavy atom. The number of rotatable bonds is 18. The van der Waals surface area contributed by atoms with Gasteiger partial charge in [-0.2, -0.15) is 0 Å². The van der Waals surface area contributed by atoms with Crippen LogP contribution in [0.5, 0.6) is 0 Å². The molecule has 0 amide bonds.